The van der Waals surface area contributed by atoms with E-state index in [0.29, 0.717) is 16.9 Å². The van der Waals surface area contributed by atoms with E-state index in [1.165, 1.54) is 24.4 Å². The largest absolute Gasteiger partial charge is 0.489 e. The van der Waals surface area contributed by atoms with E-state index in [1.54, 1.807) is 54.6 Å². The maximum Gasteiger partial charge on any atom is 0.276 e. The lowest BCUT2D eigenvalue weighted by molar-refractivity contribution is 0.300. The molecule has 3 aromatic carbocycles. The summed E-state index contributed by atoms with van der Waals surface area (Å²) in [6.07, 6.45) is 1.40. The molecule has 0 fully saturated rings. The molecule has 28 heavy (non-hydrogen) atoms. The molecule has 0 aliphatic heterocycles. The minimum Gasteiger partial charge on any atom is -0.489 e. The molecule has 0 unspecified atom stereocenters. The standard InChI is InChI=1S/C21H19FN2O3S/c1-16-6-12-20(13-7-16)28(25,26)24-23-14-17-8-10-19(11-9-17)27-15-18-4-2-3-5-21(18)22/h2-14,24H,15H2,1H3/b23-14+. The second kappa shape index (κ2) is 8.67. The zero-order valence-corrected chi connectivity index (χ0v) is 16.0. The smallest absolute Gasteiger partial charge is 0.276 e. The van der Waals surface area contributed by atoms with Gasteiger partial charge in [-0.1, -0.05) is 35.9 Å². The number of nitrogens with zero attached hydrogens (tertiary/aromatic N) is 1. The molecule has 0 heterocycles. The molecular weight excluding hydrogens is 379 g/mol. The first-order valence-corrected chi connectivity index (χ1v) is 10.0. The highest BCUT2D eigenvalue weighted by atomic mass is 32.2. The van der Waals surface area contributed by atoms with Crippen molar-refractivity contribution in [3.05, 3.63) is 95.3 Å². The van der Waals surface area contributed by atoms with Gasteiger partial charge >= 0.3 is 0 Å². The van der Waals surface area contributed by atoms with Crippen molar-refractivity contribution in [1.29, 1.82) is 0 Å². The summed E-state index contributed by atoms with van der Waals surface area (Å²) in [7, 11) is -3.71. The molecule has 5 nitrogen and oxygen atoms in total. The van der Waals surface area contributed by atoms with Crippen LogP contribution in [-0.2, 0) is 16.6 Å². The lowest BCUT2D eigenvalue weighted by atomic mass is 10.2. The summed E-state index contributed by atoms with van der Waals surface area (Å²) < 4.78 is 43.5. The predicted molar refractivity (Wildman–Crippen MR) is 106 cm³/mol. The summed E-state index contributed by atoms with van der Waals surface area (Å²) >= 11 is 0. The van der Waals surface area contributed by atoms with E-state index in [9.17, 15) is 12.8 Å². The maximum absolute atomic E-state index is 13.6. The SMILES string of the molecule is Cc1ccc(S(=O)(=O)N/N=C/c2ccc(OCc3ccccc3F)cc2)cc1. The predicted octanol–water partition coefficient (Wildman–Crippen LogP) is 4.03. The normalized spacial score (nSPS) is 11.5. The van der Waals surface area contributed by atoms with Crippen LogP contribution in [0.1, 0.15) is 16.7 Å². The van der Waals surface area contributed by atoms with Crippen molar-refractivity contribution in [2.75, 3.05) is 0 Å². The van der Waals surface area contributed by atoms with E-state index in [2.05, 4.69) is 9.93 Å². The average molecular weight is 398 g/mol. The van der Waals surface area contributed by atoms with Crippen LogP contribution in [0.5, 0.6) is 5.75 Å². The van der Waals surface area contributed by atoms with Gasteiger partial charge in [0.2, 0.25) is 0 Å². The summed E-state index contributed by atoms with van der Waals surface area (Å²) in [4.78, 5) is 2.32. The van der Waals surface area contributed by atoms with Crippen molar-refractivity contribution in [3.63, 3.8) is 0 Å². The molecule has 0 saturated carbocycles. The van der Waals surface area contributed by atoms with Crippen LogP contribution in [0.3, 0.4) is 0 Å². The molecule has 0 amide bonds. The fourth-order valence-corrected chi connectivity index (χ4v) is 3.16. The van der Waals surface area contributed by atoms with Gasteiger partial charge in [0, 0.05) is 5.56 Å². The highest BCUT2D eigenvalue weighted by molar-refractivity contribution is 7.89. The molecule has 3 aromatic rings. The van der Waals surface area contributed by atoms with Gasteiger partial charge in [-0.05, 0) is 55.0 Å². The van der Waals surface area contributed by atoms with Crippen molar-refractivity contribution in [1.82, 2.24) is 4.83 Å². The first-order chi connectivity index (χ1) is 13.4. The Morgan fingerprint density at radius 1 is 1.00 bits per heavy atom. The van der Waals surface area contributed by atoms with E-state index in [1.807, 2.05) is 6.92 Å². The van der Waals surface area contributed by atoms with E-state index >= 15 is 0 Å². The Bertz CT molecular complexity index is 1060. The van der Waals surface area contributed by atoms with Crippen LogP contribution in [0.4, 0.5) is 4.39 Å². The van der Waals surface area contributed by atoms with Gasteiger partial charge in [-0.25, -0.2) is 9.22 Å². The van der Waals surface area contributed by atoms with Crippen molar-refractivity contribution in [2.45, 2.75) is 18.4 Å². The zero-order chi connectivity index (χ0) is 20.0. The second-order valence-corrected chi connectivity index (χ2v) is 7.78. The molecule has 0 bridgehead atoms. The van der Waals surface area contributed by atoms with Crippen molar-refractivity contribution in [3.8, 4) is 5.75 Å². The summed E-state index contributed by atoms with van der Waals surface area (Å²) in [5.41, 5.74) is 2.13. The lowest BCUT2D eigenvalue weighted by Gasteiger charge is -2.07. The number of rotatable bonds is 7. The van der Waals surface area contributed by atoms with Crippen LogP contribution < -0.4 is 9.57 Å². The number of sulfonamides is 1. The van der Waals surface area contributed by atoms with Crippen LogP contribution >= 0.6 is 0 Å². The van der Waals surface area contributed by atoms with Gasteiger partial charge in [0.05, 0.1) is 11.1 Å². The third kappa shape index (κ3) is 5.17. The number of hydrazone groups is 1. The highest BCUT2D eigenvalue weighted by Gasteiger charge is 2.11. The van der Waals surface area contributed by atoms with Crippen LogP contribution in [0.15, 0.2) is 82.8 Å². The monoisotopic (exact) mass is 398 g/mol. The molecule has 0 aromatic heterocycles. The van der Waals surface area contributed by atoms with Crippen LogP contribution in [0.25, 0.3) is 0 Å². The lowest BCUT2D eigenvalue weighted by Crippen LogP contribution is -2.18. The molecule has 0 aliphatic carbocycles. The van der Waals surface area contributed by atoms with Crippen LogP contribution in [0, 0.1) is 12.7 Å². The van der Waals surface area contributed by atoms with E-state index in [0.717, 1.165) is 5.56 Å². The minimum atomic E-state index is -3.71. The topological polar surface area (TPSA) is 67.8 Å². The molecule has 0 radical (unpaired) electrons. The number of hydrogen-bond acceptors (Lipinski definition) is 4. The third-order valence-corrected chi connectivity index (χ3v) is 5.19. The minimum absolute atomic E-state index is 0.121. The first kappa shape index (κ1) is 19.6. The number of nitrogens with one attached hydrogen (secondary N) is 1. The molecule has 0 spiro atoms. The van der Waals surface area contributed by atoms with E-state index in [-0.39, 0.29) is 17.3 Å². The molecule has 0 aliphatic rings. The molecule has 0 atom stereocenters. The molecule has 3 rings (SSSR count). The summed E-state index contributed by atoms with van der Waals surface area (Å²) in [6.45, 7) is 2.00. The van der Waals surface area contributed by atoms with Crippen molar-refractivity contribution in [2.24, 2.45) is 5.10 Å². The Morgan fingerprint density at radius 2 is 1.68 bits per heavy atom. The molecule has 7 heteroatoms. The number of aryl methyl sites for hydroxylation is 1. The van der Waals surface area contributed by atoms with Gasteiger partial charge in [-0.15, -0.1) is 0 Å². The fraction of sp³-hybridized carbons (Fsp3) is 0.0952. The Morgan fingerprint density at radius 3 is 2.36 bits per heavy atom. The summed E-state index contributed by atoms with van der Waals surface area (Å²) in [6, 6.07) is 19.8. The van der Waals surface area contributed by atoms with Gasteiger partial charge in [0.25, 0.3) is 10.0 Å². The third-order valence-electron chi connectivity index (χ3n) is 3.95. The first-order valence-electron chi connectivity index (χ1n) is 8.52. The van der Waals surface area contributed by atoms with Gasteiger partial charge in [0.15, 0.2) is 0 Å². The molecular formula is C21H19FN2O3S. The van der Waals surface area contributed by atoms with Crippen molar-refractivity contribution >= 4 is 16.2 Å². The Hall–Kier alpha value is -3.19. The number of benzene rings is 3. The van der Waals surface area contributed by atoms with E-state index < -0.39 is 10.0 Å². The fourth-order valence-electron chi connectivity index (χ4n) is 2.37. The average Bonchev–Trinajstić information content (AvgIpc) is 2.69. The van der Waals surface area contributed by atoms with Crippen molar-refractivity contribution < 1.29 is 17.5 Å². The summed E-state index contributed by atoms with van der Waals surface area (Å²) in [5.74, 6) is 0.257. The Labute approximate surface area is 163 Å². The maximum atomic E-state index is 13.6. The molecule has 1 N–H and O–H groups in total. The van der Waals surface area contributed by atoms with Gasteiger partial charge < -0.3 is 4.74 Å². The quantitative estimate of drug-likeness (QED) is 0.483. The second-order valence-electron chi connectivity index (χ2n) is 6.12. The van der Waals surface area contributed by atoms with Crippen LogP contribution in [0.2, 0.25) is 0 Å². The number of ether oxygens (including phenoxy) is 1. The van der Waals surface area contributed by atoms with Gasteiger partial charge in [0.1, 0.15) is 18.2 Å². The Kier molecular flexibility index (Phi) is 6.06. The summed E-state index contributed by atoms with van der Waals surface area (Å²) in [5, 5.41) is 3.79. The Balaban J connectivity index is 1.58. The van der Waals surface area contributed by atoms with Gasteiger partial charge in [-0.3, -0.25) is 0 Å². The van der Waals surface area contributed by atoms with Crippen LogP contribution in [-0.4, -0.2) is 14.6 Å². The molecule has 144 valence electrons. The number of hydrogen-bond donors (Lipinski definition) is 1. The number of halogens is 1. The zero-order valence-electron chi connectivity index (χ0n) is 15.2. The highest BCUT2D eigenvalue weighted by Crippen LogP contribution is 2.15. The molecule has 0 saturated heterocycles. The van der Waals surface area contributed by atoms with Gasteiger partial charge in [-0.2, -0.15) is 13.5 Å². The van der Waals surface area contributed by atoms with E-state index in [4.69, 9.17) is 4.74 Å².